The van der Waals surface area contributed by atoms with Crippen molar-refractivity contribution in [3.63, 3.8) is 0 Å². The molecular weight excluding hydrogens is 340 g/mol. The van der Waals surface area contributed by atoms with Gasteiger partial charge in [0.05, 0.1) is 12.6 Å². The summed E-state index contributed by atoms with van der Waals surface area (Å²) in [5.41, 5.74) is 5.38. The van der Waals surface area contributed by atoms with Crippen molar-refractivity contribution in [3.8, 4) is 16.9 Å². The standard InChI is InChI=1S/C21H20N4O2/c1-27-13-6-7-14-16(12-13)20(24-26)18-15-4-2-3-5-17(15)23-21(19(14)18)25-10-8-22-9-11-25/h2-7,12,22,26H,8-11H2,1H3. The average Bonchev–Trinajstić information content (AvgIpc) is 3.07. The molecule has 0 saturated carbocycles. The monoisotopic (exact) mass is 360 g/mol. The predicted molar refractivity (Wildman–Crippen MR) is 106 cm³/mol. The lowest BCUT2D eigenvalue weighted by Crippen LogP contribution is -2.44. The Morgan fingerprint density at radius 3 is 2.67 bits per heavy atom. The van der Waals surface area contributed by atoms with E-state index < -0.39 is 0 Å². The molecule has 2 N–H and O–H groups in total. The van der Waals surface area contributed by atoms with E-state index in [1.807, 2.05) is 42.5 Å². The van der Waals surface area contributed by atoms with Crippen LogP contribution in [-0.4, -0.2) is 49.2 Å². The second kappa shape index (κ2) is 6.25. The third-order valence-electron chi connectivity index (χ3n) is 5.38. The van der Waals surface area contributed by atoms with Gasteiger partial charge in [-0.1, -0.05) is 23.4 Å². The van der Waals surface area contributed by atoms with Gasteiger partial charge in [0.15, 0.2) is 0 Å². The molecule has 0 radical (unpaired) electrons. The van der Waals surface area contributed by atoms with Crippen molar-refractivity contribution in [1.82, 2.24) is 10.3 Å². The number of hydrogen-bond donors (Lipinski definition) is 2. The molecule has 5 rings (SSSR count). The van der Waals surface area contributed by atoms with Crippen LogP contribution < -0.4 is 15.0 Å². The van der Waals surface area contributed by atoms with Crippen molar-refractivity contribution in [3.05, 3.63) is 53.6 Å². The second-order valence-corrected chi connectivity index (χ2v) is 6.80. The lowest BCUT2D eigenvalue weighted by Gasteiger charge is -2.30. The number of piperazine rings is 1. The van der Waals surface area contributed by atoms with Crippen LogP contribution in [0, 0.1) is 0 Å². The lowest BCUT2D eigenvalue weighted by molar-refractivity contribution is 0.320. The van der Waals surface area contributed by atoms with Gasteiger partial charge >= 0.3 is 0 Å². The molecule has 2 aliphatic rings. The van der Waals surface area contributed by atoms with E-state index in [4.69, 9.17) is 9.72 Å². The number of para-hydroxylation sites is 1. The van der Waals surface area contributed by atoms with Crippen molar-refractivity contribution in [2.45, 2.75) is 0 Å². The Bertz CT molecular complexity index is 1070. The van der Waals surface area contributed by atoms with Gasteiger partial charge < -0.3 is 20.2 Å². The predicted octanol–water partition coefficient (Wildman–Crippen LogP) is 2.86. The van der Waals surface area contributed by atoms with Crippen LogP contribution in [0.1, 0.15) is 11.1 Å². The highest BCUT2D eigenvalue weighted by Crippen LogP contribution is 2.46. The van der Waals surface area contributed by atoms with Gasteiger partial charge in [0.25, 0.3) is 0 Å². The van der Waals surface area contributed by atoms with Crippen LogP contribution in [0.3, 0.4) is 0 Å². The molecule has 27 heavy (non-hydrogen) atoms. The molecule has 1 aliphatic heterocycles. The van der Waals surface area contributed by atoms with Crippen LogP contribution in [0.4, 0.5) is 5.82 Å². The molecule has 3 aromatic rings. The molecule has 0 bridgehead atoms. The topological polar surface area (TPSA) is 70.0 Å². The van der Waals surface area contributed by atoms with E-state index >= 15 is 0 Å². The van der Waals surface area contributed by atoms with Crippen LogP contribution in [0.5, 0.6) is 5.75 Å². The summed E-state index contributed by atoms with van der Waals surface area (Å²) in [6, 6.07) is 13.9. The zero-order valence-electron chi connectivity index (χ0n) is 15.1. The molecule has 136 valence electrons. The molecular formula is C21H20N4O2. The smallest absolute Gasteiger partial charge is 0.137 e. The number of ether oxygens (including phenoxy) is 1. The number of rotatable bonds is 2. The van der Waals surface area contributed by atoms with Crippen LogP contribution in [0.15, 0.2) is 47.6 Å². The van der Waals surface area contributed by atoms with E-state index in [1.54, 1.807) is 7.11 Å². The molecule has 1 fully saturated rings. The molecule has 6 heteroatoms. The Balaban J connectivity index is 1.85. The van der Waals surface area contributed by atoms with Crippen LogP contribution in [0.25, 0.3) is 22.0 Å². The fraction of sp³-hybridized carbons (Fsp3) is 0.238. The van der Waals surface area contributed by atoms with E-state index in [0.29, 0.717) is 5.71 Å². The van der Waals surface area contributed by atoms with Gasteiger partial charge in [-0.15, -0.1) is 0 Å². The SMILES string of the molecule is COc1ccc2c(c1)C(=NO)c1c-2c(N2CCNCC2)nc2ccccc12. The van der Waals surface area contributed by atoms with Crippen LogP contribution >= 0.6 is 0 Å². The molecule has 2 aromatic carbocycles. The second-order valence-electron chi connectivity index (χ2n) is 6.80. The van der Waals surface area contributed by atoms with Crippen LogP contribution in [-0.2, 0) is 0 Å². The Morgan fingerprint density at radius 2 is 1.89 bits per heavy atom. The Kier molecular flexibility index (Phi) is 3.72. The highest BCUT2D eigenvalue weighted by Gasteiger charge is 2.33. The minimum atomic E-state index is 0.578. The van der Waals surface area contributed by atoms with E-state index in [9.17, 15) is 5.21 Å². The number of hydrogen-bond acceptors (Lipinski definition) is 6. The molecule has 0 amide bonds. The zero-order valence-corrected chi connectivity index (χ0v) is 15.1. The summed E-state index contributed by atoms with van der Waals surface area (Å²) in [6.45, 7) is 3.66. The first-order valence-electron chi connectivity index (χ1n) is 9.11. The summed E-state index contributed by atoms with van der Waals surface area (Å²) in [6.07, 6.45) is 0. The maximum absolute atomic E-state index is 9.89. The summed E-state index contributed by atoms with van der Waals surface area (Å²) >= 11 is 0. The highest BCUT2D eigenvalue weighted by molar-refractivity contribution is 6.30. The number of aromatic nitrogens is 1. The van der Waals surface area contributed by atoms with E-state index in [0.717, 1.165) is 70.9 Å². The fourth-order valence-electron chi connectivity index (χ4n) is 4.11. The largest absolute Gasteiger partial charge is 0.497 e. The number of nitrogens with one attached hydrogen (secondary N) is 1. The quantitative estimate of drug-likeness (QED) is 0.425. The fourth-order valence-corrected chi connectivity index (χ4v) is 4.11. The van der Waals surface area contributed by atoms with Gasteiger partial charge in [0.1, 0.15) is 17.3 Å². The summed E-state index contributed by atoms with van der Waals surface area (Å²) in [7, 11) is 1.64. The Labute approximate surface area is 157 Å². The van der Waals surface area contributed by atoms with Crippen molar-refractivity contribution in [1.29, 1.82) is 0 Å². The molecule has 2 heterocycles. The van der Waals surface area contributed by atoms with Gasteiger partial charge in [-0.05, 0) is 29.8 Å². The number of benzene rings is 2. The normalized spacial score (nSPS) is 17.2. The lowest BCUT2D eigenvalue weighted by atomic mass is 10.0. The summed E-state index contributed by atoms with van der Waals surface area (Å²) in [4.78, 5) is 7.33. The maximum atomic E-state index is 9.89. The van der Waals surface area contributed by atoms with E-state index in [1.165, 1.54) is 0 Å². The number of oxime groups is 1. The van der Waals surface area contributed by atoms with Crippen molar-refractivity contribution in [2.75, 3.05) is 38.2 Å². The van der Waals surface area contributed by atoms with E-state index in [2.05, 4.69) is 15.4 Å². The highest BCUT2D eigenvalue weighted by atomic mass is 16.5. The van der Waals surface area contributed by atoms with Gasteiger partial charge in [0, 0.05) is 48.3 Å². The molecule has 0 unspecified atom stereocenters. The van der Waals surface area contributed by atoms with Crippen molar-refractivity contribution >= 4 is 22.4 Å². The summed E-state index contributed by atoms with van der Waals surface area (Å²) in [5.74, 6) is 1.69. The minimum Gasteiger partial charge on any atom is -0.497 e. The Morgan fingerprint density at radius 1 is 1.07 bits per heavy atom. The zero-order chi connectivity index (χ0) is 18.4. The minimum absolute atomic E-state index is 0.578. The number of nitrogens with zero attached hydrogens (tertiary/aromatic N) is 3. The van der Waals surface area contributed by atoms with Gasteiger partial charge in [-0.2, -0.15) is 0 Å². The van der Waals surface area contributed by atoms with Crippen molar-refractivity contribution < 1.29 is 9.94 Å². The van der Waals surface area contributed by atoms with Crippen molar-refractivity contribution in [2.24, 2.45) is 5.16 Å². The molecule has 0 spiro atoms. The molecule has 1 aliphatic carbocycles. The number of fused-ring (bicyclic) bond motifs is 5. The first-order valence-corrected chi connectivity index (χ1v) is 9.11. The van der Waals surface area contributed by atoms with Gasteiger partial charge in [-0.25, -0.2) is 4.98 Å². The summed E-state index contributed by atoms with van der Waals surface area (Å²) < 4.78 is 5.39. The number of pyridine rings is 1. The first kappa shape index (κ1) is 16.1. The molecule has 6 nitrogen and oxygen atoms in total. The van der Waals surface area contributed by atoms with Crippen LogP contribution in [0.2, 0.25) is 0 Å². The molecule has 1 aromatic heterocycles. The van der Waals surface area contributed by atoms with E-state index in [-0.39, 0.29) is 0 Å². The number of methoxy groups -OCH3 is 1. The summed E-state index contributed by atoms with van der Waals surface area (Å²) in [5, 5.41) is 18.0. The van der Waals surface area contributed by atoms with Gasteiger partial charge in [0.2, 0.25) is 0 Å². The number of anilines is 1. The average molecular weight is 360 g/mol. The third-order valence-corrected chi connectivity index (χ3v) is 5.38. The molecule has 1 saturated heterocycles. The Hall–Kier alpha value is -3.12. The maximum Gasteiger partial charge on any atom is 0.137 e. The van der Waals surface area contributed by atoms with Gasteiger partial charge in [-0.3, -0.25) is 0 Å². The third kappa shape index (κ3) is 2.37. The molecule has 0 atom stereocenters. The first-order chi connectivity index (χ1) is 13.3.